The lowest BCUT2D eigenvalue weighted by Crippen LogP contribution is -2.46. The predicted octanol–water partition coefficient (Wildman–Crippen LogP) is 4.28. The molecule has 0 saturated carbocycles. The lowest BCUT2D eigenvalue weighted by atomic mass is 10.2. The van der Waals surface area contributed by atoms with Crippen molar-refractivity contribution in [3.05, 3.63) is 72.6 Å². The van der Waals surface area contributed by atoms with Crippen molar-refractivity contribution >= 4 is 27.8 Å². The van der Waals surface area contributed by atoms with Crippen LogP contribution in [0.1, 0.15) is 5.69 Å². The van der Waals surface area contributed by atoms with E-state index in [1.165, 1.54) is 5.69 Å². The van der Waals surface area contributed by atoms with Crippen molar-refractivity contribution in [2.45, 2.75) is 6.54 Å². The van der Waals surface area contributed by atoms with Crippen LogP contribution in [-0.2, 0) is 6.54 Å². The van der Waals surface area contributed by atoms with Gasteiger partial charge in [-0.1, -0.05) is 29.5 Å². The highest BCUT2D eigenvalue weighted by atomic mass is 32.1. The van der Waals surface area contributed by atoms with Gasteiger partial charge >= 0.3 is 0 Å². The molecule has 0 atom stereocenters. The minimum absolute atomic E-state index is 0.646. The number of nitrogens with one attached hydrogen (secondary N) is 1. The van der Waals surface area contributed by atoms with Crippen LogP contribution in [0.25, 0.3) is 5.13 Å². The number of methoxy groups -OCH3 is 2. The number of hydrogen-bond donors (Lipinski definition) is 1. The lowest BCUT2D eigenvalue weighted by molar-refractivity contribution is 0.355. The highest BCUT2D eigenvalue weighted by molar-refractivity contribution is 7.17. The molecule has 9 heteroatoms. The van der Waals surface area contributed by atoms with E-state index in [1.807, 2.05) is 30.5 Å². The molecule has 1 fully saturated rings. The van der Waals surface area contributed by atoms with Gasteiger partial charge in [-0.05, 0) is 36.4 Å². The Morgan fingerprint density at radius 3 is 2.32 bits per heavy atom. The van der Waals surface area contributed by atoms with E-state index >= 15 is 0 Å². The van der Waals surface area contributed by atoms with E-state index in [0.29, 0.717) is 18.0 Å². The van der Waals surface area contributed by atoms with Crippen molar-refractivity contribution in [3.8, 4) is 16.6 Å². The van der Waals surface area contributed by atoms with Crippen LogP contribution in [0.4, 0.5) is 16.5 Å². The Morgan fingerprint density at radius 2 is 1.56 bits per heavy atom. The van der Waals surface area contributed by atoms with Crippen molar-refractivity contribution in [1.29, 1.82) is 0 Å². The van der Waals surface area contributed by atoms with Gasteiger partial charge in [0, 0.05) is 55.5 Å². The molecule has 0 amide bonds. The molecule has 2 aromatic carbocycles. The largest absolute Gasteiger partial charge is 0.493 e. The standard InChI is InChI=1S/C25H28N6O2S/c1-32-22-11-10-19(17-23(22)33-2)26-18-21-9-6-12-31(21)25-28-27-24(34-25)30-15-13-29(14-16-30)20-7-4-3-5-8-20/h3-12,17,26H,13-16,18H2,1-2H3. The van der Waals surface area contributed by atoms with Gasteiger partial charge < -0.3 is 24.6 Å². The van der Waals surface area contributed by atoms with Crippen LogP contribution < -0.4 is 24.6 Å². The summed E-state index contributed by atoms with van der Waals surface area (Å²) in [6, 6.07) is 20.5. The molecule has 0 aliphatic carbocycles. The van der Waals surface area contributed by atoms with Crippen LogP contribution in [0.2, 0.25) is 0 Å². The number of anilines is 3. The van der Waals surface area contributed by atoms with Gasteiger partial charge in [-0.25, -0.2) is 0 Å². The maximum Gasteiger partial charge on any atom is 0.218 e. The molecule has 1 aliphatic heterocycles. The van der Waals surface area contributed by atoms with E-state index < -0.39 is 0 Å². The number of aromatic nitrogens is 3. The van der Waals surface area contributed by atoms with Gasteiger partial charge in [0.15, 0.2) is 11.5 Å². The first-order valence-electron chi connectivity index (χ1n) is 11.3. The van der Waals surface area contributed by atoms with Crippen molar-refractivity contribution in [3.63, 3.8) is 0 Å². The molecule has 34 heavy (non-hydrogen) atoms. The average Bonchev–Trinajstić information content (AvgIpc) is 3.57. The van der Waals surface area contributed by atoms with Crippen LogP contribution in [0, 0.1) is 0 Å². The number of nitrogens with zero attached hydrogens (tertiary/aromatic N) is 5. The molecule has 0 bridgehead atoms. The van der Waals surface area contributed by atoms with Crippen LogP contribution in [-0.4, -0.2) is 55.2 Å². The second kappa shape index (κ2) is 10.0. The van der Waals surface area contributed by atoms with Crippen molar-refractivity contribution < 1.29 is 9.47 Å². The number of piperazine rings is 1. The summed E-state index contributed by atoms with van der Waals surface area (Å²) in [5.41, 5.74) is 3.34. The fraction of sp³-hybridized carbons (Fsp3) is 0.280. The molecule has 1 saturated heterocycles. The normalized spacial score (nSPS) is 13.7. The summed E-state index contributed by atoms with van der Waals surface area (Å²) < 4.78 is 12.8. The van der Waals surface area contributed by atoms with Gasteiger partial charge in [0.05, 0.1) is 20.8 Å². The molecule has 8 nitrogen and oxygen atoms in total. The highest BCUT2D eigenvalue weighted by Crippen LogP contribution is 2.30. The molecule has 0 radical (unpaired) electrons. The topological polar surface area (TPSA) is 67.7 Å². The van der Waals surface area contributed by atoms with Gasteiger partial charge in [-0.2, -0.15) is 0 Å². The minimum atomic E-state index is 0.646. The first-order chi connectivity index (χ1) is 16.7. The summed E-state index contributed by atoms with van der Waals surface area (Å²) >= 11 is 1.62. The third-order valence-electron chi connectivity index (χ3n) is 5.97. The third-order valence-corrected chi connectivity index (χ3v) is 6.95. The first-order valence-corrected chi connectivity index (χ1v) is 12.1. The van der Waals surface area contributed by atoms with E-state index in [9.17, 15) is 0 Å². The zero-order chi connectivity index (χ0) is 23.3. The van der Waals surface area contributed by atoms with Crippen LogP contribution in [0.5, 0.6) is 11.5 Å². The smallest absolute Gasteiger partial charge is 0.218 e. The van der Waals surface area contributed by atoms with E-state index in [4.69, 9.17) is 9.47 Å². The average molecular weight is 477 g/mol. The Kier molecular flexibility index (Phi) is 6.53. The minimum Gasteiger partial charge on any atom is -0.493 e. The Hall–Kier alpha value is -3.72. The quantitative estimate of drug-likeness (QED) is 0.407. The van der Waals surface area contributed by atoms with Crippen LogP contribution in [0.3, 0.4) is 0 Å². The maximum absolute atomic E-state index is 5.40. The van der Waals surface area contributed by atoms with Crippen LogP contribution in [0.15, 0.2) is 66.9 Å². The fourth-order valence-corrected chi connectivity index (χ4v) is 5.03. The number of ether oxygens (including phenoxy) is 2. The monoisotopic (exact) mass is 476 g/mol. The molecule has 2 aromatic heterocycles. The van der Waals surface area contributed by atoms with E-state index in [1.54, 1.807) is 25.6 Å². The summed E-state index contributed by atoms with van der Waals surface area (Å²) in [5, 5.41) is 14.3. The Bertz CT molecular complexity index is 1220. The van der Waals surface area contributed by atoms with E-state index in [-0.39, 0.29) is 0 Å². The molecule has 3 heterocycles. The molecule has 1 N–H and O–H groups in total. The van der Waals surface area contributed by atoms with Crippen LogP contribution >= 0.6 is 11.3 Å². The maximum atomic E-state index is 5.40. The zero-order valence-corrected chi connectivity index (χ0v) is 20.2. The summed E-state index contributed by atoms with van der Waals surface area (Å²) in [5.74, 6) is 1.41. The molecule has 4 aromatic rings. The molecule has 0 spiro atoms. The van der Waals surface area contributed by atoms with Crippen molar-refractivity contribution in [1.82, 2.24) is 14.8 Å². The third kappa shape index (κ3) is 4.65. The summed E-state index contributed by atoms with van der Waals surface area (Å²) in [6.45, 7) is 4.46. The second-order valence-electron chi connectivity index (χ2n) is 7.97. The van der Waals surface area contributed by atoms with Gasteiger partial charge in [-0.3, -0.25) is 4.57 Å². The van der Waals surface area contributed by atoms with Crippen molar-refractivity contribution in [2.75, 3.05) is 55.5 Å². The fourth-order valence-electron chi connectivity index (χ4n) is 4.11. The van der Waals surface area contributed by atoms with Gasteiger partial charge in [0.2, 0.25) is 10.3 Å². The Balaban J connectivity index is 1.23. The van der Waals surface area contributed by atoms with Gasteiger partial charge in [-0.15, -0.1) is 10.2 Å². The SMILES string of the molecule is COc1ccc(NCc2cccn2-c2nnc(N3CCN(c4ccccc4)CC3)s2)cc1OC. The number of hydrogen-bond acceptors (Lipinski definition) is 8. The molecule has 1 aliphatic rings. The van der Waals surface area contributed by atoms with Gasteiger partial charge in [0.25, 0.3) is 0 Å². The Labute approximate surface area is 203 Å². The zero-order valence-electron chi connectivity index (χ0n) is 19.3. The molecular formula is C25H28N6O2S. The second-order valence-corrected chi connectivity index (χ2v) is 8.90. The van der Waals surface area contributed by atoms with E-state index in [2.05, 4.69) is 66.3 Å². The molecule has 0 unspecified atom stereocenters. The van der Waals surface area contributed by atoms with E-state index in [0.717, 1.165) is 47.8 Å². The number of benzene rings is 2. The predicted molar refractivity (Wildman–Crippen MR) is 137 cm³/mol. The van der Waals surface area contributed by atoms with Crippen molar-refractivity contribution in [2.24, 2.45) is 0 Å². The summed E-state index contributed by atoms with van der Waals surface area (Å²) in [4.78, 5) is 4.74. The Morgan fingerprint density at radius 1 is 0.824 bits per heavy atom. The summed E-state index contributed by atoms with van der Waals surface area (Å²) in [6.07, 6.45) is 2.03. The number of para-hydroxylation sites is 1. The van der Waals surface area contributed by atoms with Gasteiger partial charge in [0.1, 0.15) is 0 Å². The number of rotatable bonds is 8. The molecule has 176 valence electrons. The first kappa shape index (κ1) is 22.1. The molecule has 5 rings (SSSR count). The lowest BCUT2D eigenvalue weighted by Gasteiger charge is -2.35. The summed E-state index contributed by atoms with van der Waals surface area (Å²) in [7, 11) is 3.28. The molecular weight excluding hydrogens is 448 g/mol. The highest BCUT2D eigenvalue weighted by Gasteiger charge is 2.21.